The van der Waals surface area contributed by atoms with Crippen LogP contribution in [0.15, 0.2) is 0 Å². The fourth-order valence-electron chi connectivity index (χ4n) is 1.80. The maximum Gasteiger partial charge on any atom is 0.0718 e. The molecule has 1 saturated heterocycles. The summed E-state index contributed by atoms with van der Waals surface area (Å²) in [4.78, 5) is 2.29. The summed E-state index contributed by atoms with van der Waals surface area (Å²) in [6.07, 6.45) is 7.51. The van der Waals surface area contributed by atoms with Crippen molar-refractivity contribution in [3.63, 3.8) is 0 Å². The highest BCUT2D eigenvalue weighted by Gasteiger charge is 2.22. The lowest BCUT2D eigenvalue weighted by Crippen LogP contribution is -2.42. The number of likely N-dealkylation sites (tertiary alicyclic amines) is 1. The van der Waals surface area contributed by atoms with Crippen molar-refractivity contribution in [1.29, 1.82) is 0 Å². The lowest BCUT2D eigenvalue weighted by atomic mass is 9.97. The molecule has 2 nitrogen and oxygen atoms in total. The number of β-amino-alcohol motifs (C(OH)–C–C–N with tert-alkyl or cyclic N) is 1. The third kappa shape index (κ3) is 3.80. The molecule has 1 heterocycles. The summed E-state index contributed by atoms with van der Waals surface area (Å²) in [5.74, 6) is 3.25. The van der Waals surface area contributed by atoms with Crippen molar-refractivity contribution in [2.45, 2.75) is 32.3 Å². The van der Waals surface area contributed by atoms with Crippen molar-refractivity contribution >= 4 is 0 Å². The summed E-state index contributed by atoms with van der Waals surface area (Å²) < 4.78 is 0. The first kappa shape index (κ1) is 10.6. The Morgan fingerprint density at radius 1 is 1.46 bits per heavy atom. The van der Waals surface area contributed by atoms with Crippen LogP contribution in [0, 0.1) is 18.3 Å². The Kier molecular flexibility index (Phi) is 3.35. The zero-order chi connectivity index (χ0) is 9.90. The lowest BCUT2D eigenvalue weighted by molar-refractivity contribution is 0.0273. The monoisotopic (exact) mass is 181 g/mol. The third-order valence-corrected chi connectivity index (χ3v) is 2.43. The van der Waals surface area contributed by atoms with Crippen molar-refractivity contribution in [2.75, 3.05) is 19.6 Å². The fraction of sp³-hybridized carbons (Fsp3) is 0.818. The van der Waals surface area contributed by atoms with E-state index in [2.05, 4.69) is 10.8 Å². The second-order valence-corrected chi connectivity index (χ2v) is 4.53. The van der Waals surface area contributed by atoms with E-state index in [1.165, 1.54) is 0 Å². The Morgan fingerprint density at radius 3 is 2.38 bits per heavy atom. The zero-order valence-corrected chi connectivity index (χ0v) is 8.58. The second-order valence-electron chi connectivity index (χ2n) is 4.53. The minimum Gasteiger partial charge on any atom is -0.389 e. The molecule has 2 heteroatoms. The van der Waals surface area contributed by atoms with E-state index in [1.807, 2.05) is 13.8 Å². The summed E-state index contributed by atoms with van der Waals surface area (Å²) in [5.41, 5.74) is -0.580. The van der Waals surface area contributed by atoms with Crippen LogP contribution in [0.4, 0.5) is 0 Å². The van der Waals surface area contributed by atoms with Crippen molar-refractivity contribution < 1.29 is 5.11 Å². The van der Waals surface area contributed by atoms with Crippen LogP contribution in [0.1, 0.15) is 26.7 Å². The van der Waals surface area contributed by atoms with Crippen LogP contribution in [0.2, 0.25) is 0 Å². The van der Waals surface area contributed by atoms with E-state index in [0.717, 1.165) is 32.5 Å². The molecule has 0 radical (unpaired) electrons. The Morgan fingerprint density at radius 2 is 2.00 bits per heavy atom. The van der Waals surface area contributed by atoms with E-state index < -0.39 is 5.60 Å². The maximum absolute atomic E-state index is 9.61. The van der Waals surface area contributed by atoms with Gasteiger partial charge in [0, 0.05) is 12.5 Å². The minimum absolute atomic E-state index is 0.457. The molecule has 0 unspecified atom stereocenters. The van der Waals surface area contributed by atoms with Gasteiger partial charge in [0.1, 0.15) is 0 Å². The van der Waals surface area contributed by atoms with Gasteiger partial charge < -0.3 is 10.0 Å². The first-order chi connectivity index (χ1) is 6.01. The summed E-state index contributed by atoms with van der Waals surface area (Å²) in [6.45, 7) is 6.50. The summed E-state index contributed by atoms with van der Waals surface area (Å²) >= 11 is 0. The molecular weight excluding hydrogens is 162 g/mol. The van der Waals surface area contributed by atoms with Gasteiger partial charge in [-0.1, -0.05) is 0 Å². The zero-order valence-electron chi connectivity index (χ0n) is 8.58. The maximum atomic E-state index is 9.61. The standard InChI is InChI=1S/C11H19NO/c1-4-10-5-7-12(8-6-10)9-11(2,3)13/h1,10,13H,5-9H2,2-3H3. The van der Waals surface area contributed by atoms with Crippen LogP contribution in [0.5, 0.6) is 0 Å². The quantitative estimate of drug-likeness (QED) is 0.645. The topological polar surface area (TPSA) is 23.5 Å². The van der Waals surface area contributed by atoms with Crippen molar-refractivity contribution in [3.8, 4) is 12.3 Å². The average Bonchev–Trinajstić information content (AvgIpc) is 2.03. The molecule has 0 aliphatic carbocycles. The molecule has 1 fully saturated rings. The van der Waals surface area contributed by atoms with Gasteiger partial charge >= 0.3 is 0 Å². The summed E-state index contributed by atoms with van der Waals surface area (Å²) in [5, 5.41) is 9.61. The van der Waals surface area contributed by atoms with Gasteiger partial charge in [0.25, 0.3) is 0 Å². The molecule has 0 aromatic rings. The number of hydrogen-bond acceptors (Lipinski definition) is 2. The summed E-state index contributed by atoms with van der Waals surface area (Å²) in [7, 11) is 0. The number of rotatable bonds is 2. The minimum atomic E-state index is -0.580. The smallest absolute Gasteiger partial charge is 0.0718 e. The number of terminal acetylenes is 1. The largest absolute Gasteiger partial charge is 0.389 e. The molecule has 0 atom stereocenters. The van der Waals surface area contributed by atoms with E-state index >= 15 is 0 Å². The first-order valence-electron chi connectivity index (χ1n) is 4.92. The molecule has 1 rings (SSSR count). The van der Waals surface area contributed by atoms with Crippen LogP contribution in [0.25, 0.3) is 0 Å². The van der Waals surface area contributed by atoms with Gasteiger partial charge in [0.15, 0.2) is 0 Å². The molecule has 0 aromatic carbocycles. The highest BCUT2D eigenvalue weighted by Crippen LogP contribution is 2.17. The highest BCUT2D eigenvalue weighted by molar-refractivity contribution is 4.95. The van der Waals surface area contributed by atoms with E-state index in [0.29, 0.717) is 5.92 Å². The number of hydrogen-bond donors (Lipinski definition) is 1. The molecule has 1 aliphatic heterocycles. The molecular formula is C11H19NO. The Bertz CT molecular complexity index is 191. The van der Waals surface area contributed by atoms with Gasteiger partial charge in [0.05, 0.1) is 5.60 Å². The molecule has 0 amide bonds. The van der Waals surface area contributed by atoms with Gasteiger partial charge in [-0.15, -0.1) is 12.3 Å². The van der Waals surface area contributed by atoms with E-state index in [4.69, 9.17) is 6.42 Å². The van der Waals surface area contributed by atoms with Crippen molar-refractivity contribution in [1.82, 2.24) is 4.90 Å². The Hall–Kier alpha value is -0.520. The van der Waals surface area contributed by atoms with Crippen molar-refractivity contribution in [2.24, 2.45) is 5.92 Å². The summed E-state index contributed by atoms with van der Waals surface area (Å²) in [6, 6.07) is 0. The molecule has 0 saturated carbocycles. The first-order valence-corrected chi connectivity index (χ1v) is 4.92. The fourth-order valence-corrected chi connectivity index (χ4v) is 1.80. The molecule has 0 spiro atoms. The Labute approximate surface area is 80.9 Å². The number of piperidine rings is 1. The van der Waals surface area contributed by atoms with Crippen LogP contribution in [-0.2, 0) is 0 Å². The molecule has 74 valence electrons. The highest BCUT2D eigenvalue weighted by atomic mass is 16.3. The molecule has 13 heavy (non-hydrogen) atoms. The molecule has 1 aliphatic rings. The van der Waals surface area contributed by atoms with Crippen LogP contribution in [-0.4, -0.2) is 35.2 Å². The molecule has 0 aromatic heterocycles. The van der Waals surface area contributed by atoms with Gasteiger partial charge in [-0.3, -0.25) is 0 Å². The predicted molar refractivity (Wildman–Crippen MR) is 54.3 cm³/mol. The van der Waals surface area contributed by atoms with Crippen LogP contribution < -0.4 is 0 Å². The molecule has 0 bridgehead atoms. The van der Waals surface area contributed by atoms with E-state index in [-0.39, 0.29) is 0 Å². The SMILES string of the molecule is C#CC1CCN(CC(C)(C)O)CC1. The van der Waals surface area contributed by atoms with Crippen LogP contribution >= 0.6 is 0 Å². The second kappa shape index (κ2) is 4.13. The predicted octanol–water partition coefficient (Wildman–Crippen LogP) is 1.10. The number of nitrogens with zero attached hydrogens (tertiary/aromatic N) is 1. The van der Waals surface area contributed by atoms with E-state index in [9.17, 15) is 5.11 Å². The van der Waals surface area contributed by atoms with Gasteiger partial charge in [-0.2, -0.15) is 0 Å². The lowest BCUT2D eigenvalue weighted by Gasteiger charge is -2.33. The van der Waals surface area contributed by atoms with Crippen molar-refractivity contribution in [3.05, 3.63) is 0 Å². The van der Waals surface area contributed by atoms with Crippen LogP contribution in [0.3, 0.4) is 0 Å². The van der Waals surface area contributed by atoms with Gasteiger partial charge in [0.2, 0.25) is 0 Å². The third-order valence-electron chi connectivity index (χ3n) is 2.43. The normalized spacial score (nSPS) is 21.4. The Balaban J connectivity index is 2.30. The average molecular weight is 181 g/mol. The van der Waals surface area contributed by atoms with E-state index in [1.54, 1.807) is 0 Å². The van der Waals surface area contributed by atoms with Gasteiger partial charge in [-0.25, -0.2) is 0 Å². The van der Waals surface area contributed by atoms with Gasteiger partial charge in [-0.05, 0) is 39.8 Å². The number of aliphatic hydroxyl groups is 1. The molecule has 1 N–H and O–H groups in total.